The number of carbonyl (C=O) groups excluding carboxylic acids is 2. The molecule has 7 heteroatoms. The molecule has 0 spiro atoms. The molecule has 0 aromatic rings. The van der Waals surface area contributed by atoms with Crippen molar-refractivity contribution in [2.24, 2.45) is 16.9 Å². The predicted octanol–water partition coefficient (Wildman–Crippen LogP) is -0.0693. The highest BCUT2D eigenvalue weighted by Crippen LogP contribution is 2.22. The second-order valence-electron chi connectivity index (χ2n) is 5.77. The largest absolute Gasteiger partial charge is 0.368 e. The van der Waals surface area contributed by atoms with Gasteiger partial charge in [0.15, 0.2) is 0 Å². The van der Waals surface area contributed by atoms with Crippen LogP contribution in [0, 0.1) is 5.41 Å². The van der Waals surface area contributed by atoms with Gasteiger partial charge in [-0.25, -0.2) is 0 Å². The molecule has 112 valence electrons. The lowest BCUT2D eigenvalue weighted by atomic mass is 9.86. The summed E-state index contributed by atoms with van der Waals surface area (Å²) in [6.45, 7) is 5.95. The van der Waals surface area contributed by atoms with E-state index >= 15 is 0 Å². The number of hydrogen-bond donors (Lipinski definition) is 3. The van der Waals surface area contributed by atoms with Crippen molar-refractivity contribution < 1.29 is 14.3 Å². The molecule has 0 radical (unpaired) electrons. The molecule has 5 N–H and O–H groups in total. The second-order valence-corrected chi connectivity index (χ2v) is 5.77. The standard InChI is InChI=1S/C12H23N3O3.ClH/c1-12(2,3)9(10(14)16)15-11(17)8-5-4-7(6-13)18-8;/h7-9H,4-6,13H2,1-3H3,(H2,14,16)(H,15,17);1H/t7-,8+,9?;/m1./s1. The summed E-state index contributed by atoms with van der Waals surface area (Å²) in [5.74, 6) is -0.825. The Morgan fingerprint density at radius 1 is 1.37 bits per heavy atom. The number of carbonyl (C=O) groups is 2. The third kappa shape index (κ3) is 4.97. The van der Waals surface area contributed by atoms with E-state index in [4.69, 9.17) is 16.2 Å². The van der Waals surface area contributed by atoms with Gasteiger partial charge in [-0.2, -0.15) is 0 Å². The predicted molar refractivity (Wildman–Crippen MR) is 74.8 cm³/mol. The summed E-state index contributed by atoms with van der Waals surface area (Å²) < 4.78 is 5.48. The summed E-state index contributed by atoms with van der Waals surface area (Å²) in [5, 5.41) is 2.66. The van der Waals surface area contributed by atoms with E-state index in [1.807, 2.05) is 20.8 Å². The summed E-state index contributed by atoms with van der Waals surface area (Å²) in [4.78, 5) is 23.3. The first-order valence-electron chi connectivity index (χ1n) is 6.21. The lowest BCUT2D eigenvalue weighted by Gasteiger charge is -2.29. The van der Waals surface area contributed by atoms with Crippen molar-refractivity contribution >= 4 is 24.2 Å². The molecule has 0 aromatic carbocycles. The maximum Gasteiger partial charge on any atom is 0.249 e. The van der Waals surface area contributed by atoms with Gasteiger partial charge in [0.05, 0.1) is 6.10 Å². The van der Waals surface area contributed by atoms with Crippen molar-refractivity contribution in [2.45, 2.75) is 51.9 Å². The van der Waals surface area contributed by atoms with Gasteiger partial charge >= 0.3 is 0 Å². The molecule has 1 fully saturated rings. The number of halogens is 1. The smallest absolute Gasteiger partial charge is 0.249 e. The minimum Gasteiger partial charge on any atom is -0.368 e. The molecule has 2 amide bonds. The average molecular weight is 294 g/mol. The Balaban J connectivity index is 0.00000324. The summed E-state index contributed by atoms with van der Waals surface area (Å²) in [6, 6.07) is -0.703. The Kier molecular flexibility index (Phi) is 6.76. The van der Waals surface area contributed by atoms with Crippen LogP contribution in [0.15, 0.2) is 0 Å². The molecule has 0 saturated carbocycles. The lowest BCUT2D eigenvalue weighted by Crippen LogP contribution is -2.54. The van der Waals surface area contributed by atoms with Gasteiger partial charge in [-0.3, -0.25) is 9.59 Å². The first kappa shape index (κ1) is 18.1. The van der Waals surface area contributed by atoms with E-state index in [2.05, 4.69) is 5.32 Å². The van der Waals surface area contributed by atoms with Crippen LogP contribution in [0.4, 0.5) is 0 Å². The molecule has 6 nitrogen and oxygen atoms in total. The molecular weight excluding hydrogens is 270 g/mol. The van der Waals surface area contributed by atoms with Gasteiger partial charge in [0.1, 0.15) is 12.1 Å². The van der Waals surface area contributed by atoms with Crippen molar-refractivity contribution in [2.75, 3.05) is 6.54 Å². The summed E-state index contributed by atoms with van der Waals surface area (Å²) in [7, 11) is 0. The quantitative estimate of drug-likeness (QED) is 0.674. The summed E-state index contributed by atoms with van der Waals surface area (Å²) in [6.07, 6.45) is 0.805. The number of hydrogen-bond acceptors (Lipinski definition) is 4. The number of primary amides is 1. The van der Waals surface area contributed by atoms with Gasteiger partial charge in [-0.05, 0) is 18.3 Å². The fraction of sp³-hybridized carbons (Fsp3) is 0.833. The van der Waals surface area contributed by atoms with Crippen molar-refractivity contribution in [1.29, 1.82) is 0 Å². The zero-order valence-corrected chi connectivity index (χ0v) is 12.5. The zero-order valence-electron chi connectivity index (χ0n) is 11.6. The van der Waals surface area contributed by atoms with E-state index in [9.17, 15) is 9.59 Å². The molecule has 1 aliphatic heterocycles. The molecule has 1 rings (SSSR count). The Bertz CT molecular complexity index is 331. The van der Waals surface area contributed by atoms with Crippen LogP contribution in [0.25, 0.3) is 0 Å². The van der Waals surface area contributed by atoms with Crippen molar-refractivity contribution in [3.63, 3.8) is 0 Å². The number of nitrogens with one attached hydrogen (secondary N) is 1. The monoisotopic (exact) mass is 293 g/mol. The third-order valence-electron chi connectivity index (χ3n) is 3.10. The van der Waals surface area contributed by atoms with E-state index in [0.717, 1.165) is 6.42 Å². The van der Waals surface area contributed by atoms with Crippen LogP contribution in [0.3, 0.4) is 0 Å². The fourth-order valence-electron chi connectivity index (χ4n) is 2.02. The van der Waals surface area contributed by atoms with Crippen LogP contribution in [0.1, 0.15) is 33.6 Å². The van der Waals surface area contributed by atoms with E-state index in [1.54, 1.807) is 0 Å². The number of amides is 2. The van der Waals surface area contributed by atoms with Gasteiger partial charge in [0, 0.05) is 6.54 Å². The van der Waals surface area contributed by atoms with Gasteiger partial charge < -0.3 is 21.5 Å². The van der Waals surface area contributed by atoms with E-state index in [1.165, 1.54) is 0 Å². The fourth-order valence-corrected chi connectivity index (χ4v) is 2.02. The molecule has 1 unspecified atom stereocenters. The summed E-state index contributed by atoms with van der Waals surface area (Å²) >= 11 is 0. The molecule has 0 bridgehead atoms. The molecule has 1 aliphatic rings. The van der Waals surface area contributed by atoms with Crippen LogP contribution in [-0.2, 0) is 14.3 Å². The average Bonchev–Trinajstić information content (AvgIpc) is 2.71. The maximum absolute atomic E-state index is 12.0. The molecular formula is C12H24ClN3O3. The normalized spacial score (nSPS) is 24.4. The Morgan fingerprint density at radius 3 is 2.32 bits per heavy atom. The van der Waals surface area contributed by atoms with Crippen LogP contribution in [0.5, 0.6) is 0 Å². The van der Waals surface area contributed by atoms with Crippen molar-refractivity contribution in [3.8, 4) is 0 Å². The highest BCUT2D eigenvalue weighted by molar-refractivity contribution is 5.89. The van der Waals surface area contributed by atoms with Gasteiger partial charge in [-0.1, -0.05) is 20.8 Å². The van der Waals surface area contributed by atoms with Crippen molar-refractivity contribution in [1.82, 2.24) is 5.32 Å². The SMILES string of the molecule is CC(C)(C)C(NC(=O)[C@@H]1CC[C@H](CN)O1)C(N)=O.Cl. The summed E-state index contributed by atoms with van der Waals surface area (Å²) in [5.41, 5.74) is 10.4. The minimum atomic E-state index is -0.703. The number of rotatable bonds is 4. The van der Waals surface area contributed by atoms with E-state index < -0.39 is 23.5 Å². The molecule has 1 saturated heterocycles. The number of ether oxygens (including phenoxy) is 1. The highest BCUT2D eigenvalue weighted by Gasteiger charge is 2.36. The van der Waals surface area contributed by atoms with Gasteiger partial charge in [0.2, 0.25) is 11.8 Å². The number of nitrogens with two attached hydrogens (primary N) is 2. The molecule has 0 aromatic heterocycles. The Hall–Kier alpha value is -0.850. The van der Waals surface area contributed by atoms with Crippen LogP contribution in [0.2, 0.25) is 0 Å². The second kappa shape index (κ2) is 7.07. The lowest BCUT2D eigenvalue weighted by molar-refractivity contribution is -0.136. The molecule has 1 heterocycles. The van der Waals surface area contributed by atoms with E-state index in [0.29, 0.717) is 13.0 Å². The zero-order chi connectivity index (χ0) is 13.9. The first-order valence-corrected chi connectivity index (χ1v) is 6.21. The topological polar surface area (TPSA) is 107 Å². The maximum atomic E-state index is 12.0. The minimum absolute atomic E-state index is 0. The van der Waals surface area contributed by atoms with Crippen LogP contribution >= 0.6 is 12.4 Å². The van der Waals surface area contributed by atoms with Gasteiger partial charge in [0.25, 0.3) is 0 Å². The molecule has 0 aliphatic carbocycles. The highest BCUT2D eigenvalue weighted by atomic mass is 35.5. The molecule has 19 heavy (non-hydrogen) atoms. The van der Waals surface area contributed by atoms with Gasteiger partial charge in [-0.15, -0.1) is 12.4 Å². The van der Waals surface area contributed by atoms with Crippen LogP contribution < -0.4 is 16.8 Å². The van der Waals surface area contributed by atoms with Crippen LogP contribution in [-0.4, -0.2) is 36.6 Å². The Labute approximate surface area is 120 Å². The van der Waals surface area contributed by atoms with E-state index in [-0.39, 0.29) is 24.4 Å². The third-order valence-corrected chi connectivity index (χ3v) is 3.10. The molecule has 3 atom stereocenters. The van der Waals surface area contributed by atoms with Crippen molar-refractivity contribution in [3.05, 3.63) is 0 Å². The first-order chi connectivity index (χ1) is 8.25. The Morgan fingerprint density at radius 2 is 1.95 bits per heavy atom.